The molecule has 6 rings (SSSR count). The molecule has 12 nitrogen and oxygen atoms in total. The largest absolute Gasteiger partial charge is 0.492 e. The van der Waals surface area contributed by atoms with Crippen LogP contribution in [0.1, 0.15) is 64.2 Å². The van der Waals surface area contributed by atoms with E-state index in [1.165, 1.54) is 38.5 Å². The minimum atomic E-state index is -1.12. The van der Waals surface area contributed by atoms with Gasteiger partial charge in [0.1, 0.15) is 23.1 Å². The molecule has 0 aliphatic carbocycles. The van der Waals surface area contributed by atoms with Crippen LogP contribution in [-0.4, -0.2) is 50.8 Å². The van der Waals surface area contributed by atoms with Gasteiger partial charge in [0.15, 0.2) is 23.3 Å². The van der Waals surface area contributed by atoms with Crippen LogP contribution in [0.2, 0.25) is 0 Å². The summed E-state index contributed by atoms with van der Waals surface area (Å²) in [6, 6.07) is 9.25. The van der Waals surface area contributed by atoms with Crippen LogP contribution in [0.15, 0.2) is 60.7 Å². The number of hydrogen-bond acceptors (Lipinski definition) is 9. The van der Waals surface area contributed by atoms with Crippen molar-refractivity contribution in [2.75, 3.05) is 38.1 Å². The van der Waals surface area contributed by atoms with Crippen LogP contribution < -0.4 is 31.2 Å². The Kier molecular flexibility index (Phi) is 17.9. The number of carbonyl (C=O) groups is 4. The van der Waals surface area contributed by atoms with Gasteiger partial charge in [-0.25, -0.2) is 35.9 Å². The molecule has 57 heavy (non-hydrogen) atoms. The highest BCUT2D eigenvalue weighted by Crippen LogP contribution is 2.38. The zero-order chi connectivity index (χ0) is 40.4. The van der Waals surface area contributed by atoms with Crippen LogP contribution in [0.25, 0.3) is 0 Å². The van der Waals surface area contributed by atoms with E-state index in [1.54, 1.807) is 0 Å². The first-order valence-corrected chi connectivity index (χ1v) is 16.3. The lowest BCUT2D eigenvalue weighted by molar-refractivity contribution is 0.101. The molecule has 20 heteroatoms. The quantitative estimate of drug-likeness (QED) is 0.113. The van der Waals surface area contributed by atoms with Gasteiger partial charge >= 0.3 is 11.5 Å². The molecule has 0 saturated heterocycles. The lowest BCUT2D eigenvalue weighted by atomic mass is 9.96. The molecule has 0 aromatic heterocycles. The summed E-state index contributed by atoms with van der Waals surface area (Å²) in [6.45, 7) is 0.402. The van der Waals surface area contributed by atoms with Crippen molar-refractivity contribution in [2.24, 2.45) is 5.73 Å². The van der Waals surface area contributed by atoms with Crippen molar-refractivity contribution in [1.82, 2.24) is 5.32 Å². The summed E-state index contributed by atoms with van der Waals surface area (Å²) in [5.74, 6) is -6.73. The van der Waals surface area contributed by atoms with Crippen molar-refractivity contribution in [3.63, 3.8) is 0 Å². The molecule has 308 valence electrons. The third-order valence-corrected chi connectivity index (χ3v) is 7.97. The molecule has 0 saturated carbocycles. The molecular formula is C37H36Cl2F6N4O8. The maximum Gasteiger partial charge on any atom is 0.407 e. The molecule has 5 N–H and O–H groups in total. The molecular weight excluding hydrogens is 813 g/mol. The number of carbonyl (C=O) groups excluding carboxylic acids is 4. The lowest BCUT2D eigenvalue weighted by Gasteiger charge is -2.28. The Morgan fingerprint density at radius 1 is 0.667 bits per heavy atom. The average Bonchev–Trinajstić information content (AvgIpc) is 3.15. The fraction of sp³-hybridized carbons (Fsp3) is 0.243. The molecule has 2 aliphatic heterocycles. The molecule has 0 fully saturated rings. The van der Waals surface area contributed by atoms with Gasteiger partial charge in [0.05, 0.1) is 50.2 Å². The Morgan fingerprint density at radius 2 is 1.09 bits per heavy atom. The number of nitrogens with two attached hydrogens (primary N) is 1. The molecule has 2 atom stereocenters. The number of halogens is 8. The van der Waals surface area contributed by atoms with Crippen LogP contribution in [0.3, 0.4) is 0 Å². The maximum absolute atomic E-state index is 14.3. The molecule has 2 aliphatic rings. The van der Waals surface area contributed by atoms with Gasteiger partial charge in [0, 0.05) is 59.6 Å². The number of hydrogen-bond donors (Lipinski definition) is 4. The van der Waals surface area contributed by atoms with E-state index in [-0.39, 0.29) is 84.6 Å². The molecule has 0 radical (unpaired) electrons. The van der Waals surface area contributed by atoms with E-state index in [4.69, 9.17) is 15.2 Å². The van der Waals surface area contributed by atoms with Gasteiger partial charge in [-0.05, 0) is 48.5 Å². The van der Waals surface area contributed by atoms with E-state index in [9.17, 15) is 45.5 Å². The van der Waals surface area contributed by atoms with Crippen LogP contribution in [0.4, 0.5) is 47.3 Å². The van der Waals surface area contributed by atoms with Crippen LogP contribution in [-0.2, 0) is 9.47 Å². The summed E-state index contributed by atoms with van der Waals surface area (Å²) in [5, 5.41) is 7.32. The van der Waals surface area contributed by atoms with E-state index >= 15 is 0 Å². The first-order chi connectivity index (χ1) is 26.1. The Labute approximate surface area is 333 Å². The van der Waals surface area contributed by atoms with Crippen LogP contribution in [0, 0.1) is 34.9 Å². The lowest BCUT2D eigenvalue weighted by Crippen LogP contribution is -2.33. The Morgan fingerprint density at radius 3 is 1.53 bits per heavy atom. The van der Waals surface area contributed by atoms with E-state index in [1.807, 2.05) is 0 Å². The number of alkyl carbamates (subject to hydrolysis) is 1. The van der Waals surface area contributed by atoms with Gasteiger partial charge in [0.25, 0.3) is 11.8 Å². The van der Waals surface area contributed by atoms with Crippen molar-refractivity contribution in [3.8, 4) is 11.5 Å². The van der Waals surface area contributed by atoms with Crippen molar-refractivity contribution >= 4 is 58.7 Å². The van der Waals surface area contributed by atoms with Gasteiger partial charge in [-0.2, -0.15) is 0 Å². The predicted molar refractivity (Wildman–Crippen MR) is 199 cm³/mol. The molecule has 0 bridgehead atoms. The average molecular weight is 850 g/mol. The fourth-order valence-corrected chi connectivity index (χ4v) is 5.24. The monoisotopic (exact) mass is 848 g/mol. The smallest absolute Gasteiger partial charge is 0.407 e. The van der Waals surface area contributed by atoms with Crippen molar-refractivity contribution in [2.45, 2.75) is 32.4 Å². The molecule has 4 aromatic carbocycles. The van der Waals surface area contributed by atoms with Crippen molar-refractivity contribution in [1.29, 1.82) is 0 Å². The SMILES string of the molecule is C.COC(=O)Cl.COC(=O)NC1CCOc2c(C(=O)Nc3ccc(F)c(F)c3)ccc(F)c21.Cl.NC1CCOc2c(C(=O)Nc3ccc(F)c(F)c3)ccc(F)c21. The zero-order valence-electron chi connectivity index (χ0n) is 29.2. The molecule has 2 heterocycles. The second-order valence-electron chi connectivity index (χ2n) is 11.4. The summed E-state index contributed by atoms with van der Waals surface area (Å²) in [5.41, 5.74) is 5.43. The van der Waals surface area contributed by atoms with Crippen LogP contribution >= 0.6 is 24.0 Å². The Balaban J connectivity index is 0.000000344. The number of nitrogens with one attached hydrogen (secondary N) is 3. The summed E-state index contributed by atoms with van der Waals surface area (Å²) in [7, 11) is 2.40. The van der Waals surface area contributed by atoms with Gasteiger partial charge < -0.3 is 40.6 Å². The number of methoxy groups -OCH3 is 2. The fourth-order valence-electron chi connectivity index (χ4n) is 5.24. The second-order valence-corrected chi connectivity index (χ2v) is 11.7. The number of benzene rings is 4. The summed E-state index contributed by atoms with van der Waals surface area (Å²) in [6.07, 6.45) is -0.0188. The molecule has 2 unspecified atom stereocenters. The van der Waals surface area contributed by atoms with Crippen molar-refractivity contribution in [3.05, 3.63) is 118 Å². The normalized spacial score (nSPS) is 14.5. The standard InChI is InChI=1S/C18H15F3N2O4.C16H13F3N2O2.C2H3ClO2.CH4.ClH/c1-26-18(25)23-14-6-7-27-16-10(3-5-12(20)15(14)16)17(24)22-9-2-4-11(19)13(21)8-9;17-10-3-1-8(7-12(10)19)21-16(22)9-2-4-11(18)14-13(20)5-6-23-15(9)14;1-5-2(3)4;;/h2-5,8,14H,6-7H2,1H3,(H,22,24)(H,23,25);1-4,7,13H,5-6,20H2,(H,21,22);1H3;1H4;1H. The maximum atomic E-state index is 14.3. The Hall–Kier alpha value is -5.72. The topological polar surface area (TPSA) is 167 Å². The molecule has 4 aromatic rings. The minimum absolute atomic E-state index is 0. The van der Waals surface area contributed by atoms with Gasteiger partial charge in [-0.3, -0.25) is 9.59 Å². The van der Waals surface area contributed by atoms with Crippen LogP contribution in [0.5, 0.6) is 11.5 Å². The third kappa shape index (κ3) is 12.1. The molecule has 0 spiro atoms. The summed E-state index contributed by atoms with van der Waals surface area (Å²) < 4.78 is 99.9. The number of anilines is 2. The first kappa shape index (κ1) is 47.4. The number of rotatable bonds is 5. The zero-order valence-corrected chi connectivity index (χ0v) is 30.7. The van der Waals surface area contributed by atoms with E-state index in [0.29, 0.717) is 6.42 Å². The second kappa shape index (κ2) is 21.5. The number of ether oxygens (including phenoxy) is 4. The highest BCUT2D eigenvalue weighted by atomic mass is 35.5. The third-order valence-electron chi connectivity index (χ3n) is 7.82. The van der Waals surface area contributed by atoms with Crippen molar-refractivity contribution < 1.29 is 64.5 Å². The number of fused-ring (bicyclic) bond motifs is 2. The predicted octanol–water partition coefficient (Wildman–Crippen LogP) is 8.72. The highest BCUT2D eigenvalue weighted by Gasteiger charge is 2.31. The van der Waals surface area contributed by atoms with Gasteiger partial charge in [0.2, 0.25) is 0 Å². The van der Waals surface area contributed by atoms with Gasteiger partial charge in [-0.1, -0.05) is 7.43 Å². The summed E-state index contributed by atoms with van der Waals surface area (Å²) >= 11 is 4.60. The van der Waals surface area contributed by atoms with E-state index < -0.39 is 70.3 Å². The highest BCUT2D eigenvalue weighted by molar-refractivity contribution is 6.61. The van der Waals surface area contributed by atoms with E-state index in [2.05, 4.69) is 37.0 Å². The number of amides is 3. The molecule has 3 amide bonds. The first-order valence-electron chi connectivity index (χ1n) is 15.9. The van der Waals surface area contributed by atoms with Gasteiger partial charge in [-0.15, -0.1) is 12.4 Å². The Bertz CT molecular complexity index is 2100. The van der Waals surface area contributed by atoms with E-state index in [0.717, 1.165) is 36.4 Å². The minimum Gasteiger partial charge on any atom is -0.492 e. The summed E-state index contributed by atoms with van der Waals surface area (Å²) in [4.78, 5) is 45.7.